The number of nitrogens with two attached hydrogens (primary N) is 1. The summed E-state index contributed by atoms with van der Waals surface area (Å²) in [6.45, 7) is 2.81. The fourth-order valence-electron chi connectivity index (χ4n) is 1.90. The second kappa shape index (κ2) is 9.71. The van der Waals surface area contributed by atoms with Crippen LogP contribution in [0.5, 0.6) is 0 Å². The largest absolute Gasteiger partial charge is 0.368 e. The average molecular weight is 346 g/mol. The first kappa shape index (κ1) is 18.0. The molecule has 1 aromatic carbocycles. The van der Waals surface area contributed by atoms with Gasteiger partial charge in [-0.15, -0.1) is 11.8 Å². The summed E-state index contributed by atoms with van der Waals surface area (Å²) in [5.41, 5.74) is 6.61. The number of amides is 1. The second-order valence-corrected chi connectivity index (χ2v) is 6.11. The first-order chi connectivity index (χ1) is 11.7. The quantitative estimate of drug-likeness (QED) is 0.598. The Balaban J connectivity index is 1.86. The monoisotopic (exact) mass is 346 g/mol. The molecule has 2 aromatic rings. The van der Waals surface area contributed by atoms with Crippen molar-refractivity contribution in [2.75, 3.05) is 23.3 Å². The summed E-state index contributed by atoms with van der Waals surface area (Å²) >= 11 is 1.45. The van der Waals surface area contributed by atoms with Crippen molar-refractivity contribution in [2.45, 2.75) is 25.5 Å². The van der Waals surface area contributed by atoms with E-state index >= 15 is 0 Å². The van der Waals surface area contributed by atoms with Gasteiger partial charge in [0.1, 0.15) is 5.82 Å². The molecule has 24 heavy (non-hydrogen) atoms. The molecule has 0 radical (unpaired) electrons. The second-order valence-electron chi connectivity index (χ2n) is 5.12. The smallest absolute Gasteiger partial charge is 0.232 e. The van der Waals surface area contributed by atoms with E-state index in [-0.39, 0.29) is 11.9 Å². The maximum absolute atomic E-state index is 11.7. The number of benzene rings is 1. The van der Waals surface area contributed by atoms with E-state index in [1.54, 1.807) is 0 Å². The number of unbranched alkanes of at least 4 members (excludes halogenated alkanes) is 1. The molecule has 0 aliphatic heterocycles. The Morgan fingerprint density at radius 2 is 2.00 bits per heavy atom. The van der Waals surface area contributed by atoms with Gasteiger partial charge in [-0.3, -0.25) is 4.79 Å². The van der Waals surface area contributed by atoms with Crippen LogP contribution in [0.1, 0.15) is 25.6 Å². The van der Waals surface area contributed by atoms with Gasteiger partial charge in [-0.2, -0.15) is 15.0 Å². The van der Waals surface area contributed by atoms with Gasteiger partial charge in [0.25, 0.3) is 0 Å². The maximum Gasteiger partial charge on any atom is 0.232 e. The lowest BCUT2D eigenvalue weighted by Crippen LogP contribution is -2.26. The molecule has 4 N–H and O–H groups in total. The number of hydrogen-bond acceptors (Lipinski definition) is 7. The third-order valence-corrected chi connectivity index (χ3v) is 3.97. The third-order valence-electron chi connectivity index (χ3n) is 3.05. The molecule has 0 aliphatic carbocycles. The van der Waals surface area contributed by atoms with E-state index in [4.69, 9.17) is 5.73 Å². The molecule has 0 spiro atoms. The summed E-state index contributed by atoms with van der Waals surface area (Å²) in [6.07, 6.45) is 2.06. The molecule has 1 heterocycles. The molecule has 0 saturated heterocycles. The lowest BCUT2D eigenvalue weighted by molar-refractivity contribution is -0.118. The van der Waals surface area contributed by atoms with Crippen LogP contribution >= 0.6 is 11.8 Å². The fourth-order valence-corrected chi connectivity index (χ4v) is 2.60. The van der Waals surface area contributed by atoms with Crippen molar-refractivity contribution in [3.05, 3.63) is 36.2 Å². The molecule has 1 aromatic heterocycles. The number of rotatable bonds is 9. The molecule has 0 unspecified atom stereocenters. The van der Waals surface area contributed by atoms with Crippen molar-refractivity contribution in [3.63, 3.8) is 0 Å². The number of nitrogen functional groups attached to an aromatic ring is 1. The summed E-state index contributed by atoms with van der Waals surface area (Å²) in [5, 5.41) is 5.96. The van der Waals surface area contributed by atoms with Gasteiger partial charge < -0.3 is 16.4 Å². The van der Waals surface area contributed by atoms with E-state index in [0.29, 0.717) is 23.3 Å². The van der Waals surface area contributed by atoms with Crippen LogP contribution in [0.25, 0.3) is 0 Å². The molecular formula is C16H22N6OS. The molecule has 7 nitrogen and oxygen atoms in total. The van der Waals surface area contributed by atoms with Gasteiger partial charge >= 0.3 is 0 Å². The number of nitrogens with zero attached hydrogens (tertiary/aromatic N) is 3. The Bertz CT molecular complexity index is 652. The van der Waals surface area contributed by atoms with Crippen LogP contribution in [-0.4, -0.2) is 33.2 Å². The summed E-state index contributed by atoms with van der Waals surface area (Å²) < 4.78 is 0. The highest BCUT2D eigenvalue weighted by molar-refractivity contribution is 7.99. The number of hydrogen-bond donors (Lipinski definition) is 3. The van der Waals surface area contributed by atoms with Crippen molar-refractivity contribution in [2.24, 2.45) is 0 Å². The standard InChI is InChI=1S/C16H22N6OS/c1-2-3-9-18-14(23)11-24-10-13-20-15(17)22-16(21-13)19-12-7-5-4-6-8-12/h4-8H,2-3,9-11H2,1H3,(H,18,23)(H3,17,19,20,21,22). The Morgan fingerprint density at radius 1 is 1.21 bits per heavy atom. The number of thioether (sulfide) groups is 1. The predicted octanol–water partition coefficient (Wildman–Crippen LogP) is 2.35. The minimum atomic E-state index is 0.0260. The van der Waals surface area contributed by atoms with Crippen molar-refractivity contribution < 1.29 is 4.79 Å². The van der Waals surface area contributed by atoms with E-state index in [1.165, 1.54) is 11.8 Å². The number of anilines is 3. The first-order valence-electron chi connectivity index (χ1n) is 7.84. The number of para-hydroxylation sites is 1. The topological polar surface area (TPSA) is 106 Å². The SMILES string of the molecule is CCCCNC(=O)CSCc1nc(N)nc(Nc2ccccc2)n1. The van der Waals surface area contributed by atoms with E-state index in [2.05, 4.69) is 32.5 Å². The van der Waals surface area contributed by atoms with Crippen molar-refractivity contribution >= 4 is 35.3 Å². The maximum atomic E-state index is 11.7. The molecule has 0 fully saturated rings. The van der Waals surface area contributed by atoms with Crippen LogP contribution in [-0.2, 0) is 10.5 Å². The molecule has 0 atom stereocenters. The summed E-state index contributed by atoms with van der Waals surface area (Å²) in [4.78, 5) is 24.2. The Kier molecular flexibility index (Phi) is 7.28. The van der Waals surface area contributed by atoms with Crippen LogP contribution in [0.15, 0.2) is 30.3 Å². The molecule has 0 bridgehead atoms. The highest BCUT2D eigenvalue weighted by Gasteiger charge is 2.07. The number of aromatic nitrogens is 3. The molecule has 1 amide bonds. The van der Waals surface area contributed by atoms with Gasteiger partial charge in [0.05, 0.1) is 11.5 Å². The van der Waals surface area contributed by atoms with Crippen LogP contribution in [0.3, 0.4) is 0 Å². The Labute approximate surface area is 145 Å². The van der Waals surface area contributed by atoms with Gasteiger partial charge in [0, 0.05) is 12.2 Å². The molecular weight excluding hydrogens is 324 g/mol. The Morgan fingerprint density at radius 3 is 2.75 bits per heavy atom. The zero-order valence-corrected chi connectivity index (χ0v) is 14.5. The lowest BCUT2D eigenvalue weighted by atomic mass is 10.3. The summed E-state index contributed by atoms with van der Waals surface area (Å²) in [5.74, 6) is 2.00. The predicted molar refractivity (Wildman–Crippen MR) is 98.0 cm³/mol. The van der Waals surface area contributed by atoms with Gasteiger partial charge in [-0.25, -0.2) is 0 Å². The zero-order valence-electron chi connectivity index (χ0n) is 13.7. The summed E-state index contributed by atoms with van der Waals surface area (Å²) in [7, 11) is 0. The summed E-state index contributed by atoms with van der Waals surface area (Å²) in [6, 6.07) is 9.59. The molecule has 0 aliphatic rings. The van der Waals surface area contributed by atoms with Gasteiger partial charge in [-0.05, 0) is 18.6 Å². The van der Waals surface area contributed by atoms with E-state index in [0.717, 1.165) is 25.1 Å². The minimum absolute atomic E-state index is 0.0260. The average Bonchev–Trinajstić information content (AvgIpc) is 2.55. The normalized spacial score (nSPS) is 10.4. The third kappa shape index (κ3) is 6.41. The van der Waals surface area contributed by atoms with E-state index in [9.17, 15) is 4.79 Å². The fraction of sp³-hybridized carbons (Fsp3) is 0.375. The highest BCUT2D eigenvalue weighted by Crippen LogP contribution is 2.15. The van der Waals surface area contributed by atoms with E-state index < -0.39 is 0 Å². The Hall–Kier alpha value is -2.35. The zero-order chi connectivity index (χ0) is 17.2. The van der Waals surface area contributed by atoms with Crippen LogP contribution < -0.4 is 16.4 Å². The molecule has 8 heteroatoms. The van der Waals surface area contributed by atoms with Crippen LogP contribution in [0.4, 0.5) is 17.6 Å². The molecule has 0 saturated carbocycles. The number of carbonyl (C=O) groups excluding carboxylic acids is 1. The minimum Gasteiger partial charge on any atom is -0.368 e. The van der Waals surface area contributed by atoms with Crippen LogP contribution in [0, 0.1) is 0 Å². The first-order valence-corrected chi connectivity index (χ1v) is 8.99. The number of nitrogens with one attached hydrogen (secondary N) is 2. The highest BCUT2D eigenvalue weighted by atomic mass is 32.2. The van der Waals surface area contributed by atoms with Gasteiger partial charge in [0.2, 0.25) is 17.8 Å². The van der Waals surface area contributed by atoms with Crippen molar-refractivity contribution in [1.82, 2.24) is 20.3 Å². The van der Waals surface area contributed by atoms with E-state index in [1.807, 2.05) is 30.3 Å². The van der Waals surface area contributed by atoms with Gasteiger partial charge in [0.15, 0.2) is 0 Å². The van der Waals surface area contributed by atoms with Crippen molar-refractivity contribution in [3.8, 4) is 0 Å². The van der Waals surface area contributed by atoms with Crippen molar-refractivity contribution in [1.29, 1.82) is 0 Å². The molecule has 128 valence electrons. The number of carbonyl (C=O) groups is 1. The van der Waals surface area contributed by atoms with Gasteiger partial charge in [-0.1, -0.05) is 31.5 Å². The van der Waals surface area contributed by atoms with Crippen LogP contribution in [0.2, 0.25) is 0 Å². The lowest BCUT2D eigenvalue weighted by Gasteiger charge is -2.07. The molecule has 2 rings (SSSR count).